The minimum absolute atomic E-state index is 0.0969. The van der Waals surface area contributed by atoms with Crippen LogP contribution in [0, 0.1) is 12.8 Å². The molecular formula is C9H14N4O. The van der Waals surface area contributed by atoms with Crippen molar-refractivity contribution in [3.63, 3.8) is 0 Å². The number of ketones is 1. The fourth-order valence-electron chi connectivity index (χ4n) is 1.50. The van der Waals surface area contributed by atoms with E-state index in [4.69, 9.17) is 0 Å². The molecule has 0 radical (unpaired) electrons. The molecule has 76 valence electrons. The topological polar surface area (TPSA) is 59.8 Å². The zero-order valence-corrected chi connectivity index (χ0v) is 8.45. The molecule has 0 spiro atoms. The maximum absolute atomic E-state index is 11.7. The van der Waals surface area contributed by atoms with E-state index >= 15 is 0 Å². The van der Waals surface area contributed by atoms with Crippen LogP contribution in [0.15, 0.2) is 0 Å². The molecule has 5 heteroatoms. The van der Waals surface area contributed by atoms with Gasteiger partial charge >= 0.3 is 0 Å². The van der Waals surface area contributed by atoms with Gasteiger partial charge in [0.25, 0.3) is 0 Å². The third-order valence-corrected chi connectivity index (χ3v) is 2.68. The molecule has 1 aliphatic rings. The van der Waals surface area contributed by atoms with Crippen LogP contribution in [0.5, 0.6) is 0 Å². The van der Waals surface area contributed by atoms with E-state index in [0.29, 0.717) is 18.2 Å². The summed E-state index contributed by atoms with van der Waals surface area (Å²) in [5.41, 5.74) is 0. The van der Waals surface area contributed by atoms with E-state index < -0.39 is 0 Å². The third kappa shape index (κ3) is 1.55. The van der Waals surface area contributed by atoms with Crippen LogP contribution in [0.3, 0.4) is 0 Å². The molecule has 0 amide bonds. The molecular weight excluding hydrogens is 180 g/mol. The molecule has 14 heavy (non-hydrogen) atoms. The van der Waals surface area contributed by atoms with Gasteiger partial charge in [-0.1, -0.05) is 0 Å². The molecule has 5 nitrogen and oxygen atoms in total. The van der Waals surface area contributed by atoms with Crippen LogP contribution in [0.2, 0.25) is 0 Å². The van der Waals surface area contributed by atoms with Gasteiger partial charge in [-0.2, -0.15) is 0 Å². The minimum atomic E-state index is 0.0969. The lowest BCUT2D eigenvalue weighted by Gasteiger charge is -2.25. The molecule has 1 aromatic heterocycles. The van der Waals surface area contributed by atoms with Gasteiger partial charge in [-0.05, 0) is 25.9 Å². The van der Waals surface area contributed by atoms with E-state index in [1.54, 1.807) is 4.57 Å². The zero-order chi connectivity index (χ0) is 10.1. The second-order valence-corrected chi connectivity index (χ2v) is 3.78. The number of carbonyl (C=O) groups excluding carboxylic acids is 1. The SMILES string of the molecule is Cc1nnc(C(=O)CC2CNC2)n1C. The lowest BCUT2D eigenvalue weighted by atomic mass is 9.96. The number of aryl methyl sites for hydroxylation is 1. The first-order valence-electron chi connectivity index (χ1n) is 4.78. The van der Waals surface area contributed by atoms with Crippen LogP contribution in [0.25, 0.3) is 0 Å². The Bertz CT molecular complexity index is 354. The van der Waals surface area contributed by atoms with E-state index in [0.717, 1.165) is 18.9 Å². The minimum Gasteiger partial charge on any atom is -0.316 e. The van der Waals surface area contributed by atoms with Crippen LogP contribution < -0.4 is 5.32 Å². The summed E-state index contributed by atoms with van der Waals surface area (Å²) in [5.74, 6) is 1.84. The van der Waals surface area contributed by atoms with Gasteiger partial charge < -0.3 is 9.88 Å². The van der Waals surface area contributed by atoms with E-state index in [1.165, 1.54) is 0 Å². The first kappa shape index (κ1) is 9.33. The third-order valence-electron chi connectivity index (χ3n) is 2.68. The Morgan fingerprint density at radius 1 is 1.57 bits per heavy atom. The Kier molecular flexibility index (Phi) is 2.33. The summed E-state index contributed by atoms with van der Waals surface area (Å²) in [4.78, 5) is 11.7. The summed E-state index contributed by atoms with van der Waals surface area (Å²) in [6.07, 6.45) is 0.582. The highest BCUT2D eigenvalue weighted by atomic mass is 16.1. The predicted octanol–water partition coefficient (Wildman–Crippen LogP) is -0.0843. The highest BCUT2D eigenvalue weighted by Crippen LogP contribution is 2.12. The summed E-state index contributed by atoms with van der Waals surface area (Å²) in [6, 6.07) is 0. The van der Waals surface area contributed by atoms with E-state index in [2.05, 4.69) is 15.5 Å². The van der Waals surface area contributed by atoms with Crippen LogP contribution >= 0.6 is 0 Å². The van der Waals surface area contributed by atoms with Crippen LogP contribution in [0.4, 0.5) is 0 Å². The molecule has 1 aromatic rings. The van der Waals surface area contributed by atoms with Crippen molar-refractivity contribution in [3.05, 3.63) is 11.6 Å². The Hall–Kier alpha value is -1.23. The maximum atomic E-state index is 11.7. The fraction of sp³-hybridized carbons (Fsp3) is 0.667. The van der Waals surface area contributed by atoms with Crippen LogP contribution in [0.1, 0.15) is 22.9 Å². The number of rotatable bonds is 3. The standard InChI is InChI=1S/C9H14N4O/c1-6-11-12-9(13(6)2)8(14)3-7-4-10-5-7/h7,10H,3-5H2,1-2H3. The van der Waals surface area contributed by atoms with Gasteiger partial charge in [0.1, 0.15) is 5.82 Å². The number of carbonyl (C=O) groups is 1. The van der Waals surface area contributed by atoms with Gasteiger partial charge in [-0.25, -0.2) is 0 Å². The number of nitrogens with one attached hydrogen (secondary N) is 1. The molecule has 0 aromatic carbocycles. The monoisotopic (exact) mass is 194 g/mol. The highest BCUT2D eigenvalue weighted by molar-refractivity contribution is 5.92. The van der Waals surface area contributed by atoms with E-state index in [9.17, 15) is 4.79 Å². The predicted molar refractivity (Wildman–Crippen MR) is 51.0 cm³/mol. The van der Waals surface area contributed by atoms with Gasteiger partial charge in [0.2, 0.25) is 5.78 Å². The highest BCUT2D eigenvalue weighted by Gasteiger charge is 2.23. The van der Waals surface area contributed by atoms with Crippen molar-refractivity contribution in [2.75, 3.05) is 13.1 Å². The molecule has 2 heterocycles. The first-order chi connectivity index (χ1) is 6.68. The summed E-state index contributed by atoms with van der Waals surface area (Å²) in [6.45, 7) is 3.74. The molecule has 0 saturated carbocycles. The number of hydrogen-bond acceptors (Lipinski definition) is 4. The molecule has 0 unspecified atom stereocenters. The van der Waals surface area contributed by atoms with Gasteiger partial charge in [0, 0.05) is 13.5 Å². The van der Waals surface area contributed by atoms with Crippen molar-refractivity contribution in [1.29, 1.82) is 0 Å². The average molecular weight is 194 g/mol. The van der Waals surface area contributed by atoms with Crippen molar-refractivity contribution < 1.29 is 4.79 Å². The summed E-state index contributed by atoms with van der Waals surface area (Å²) >= 11 is 0. The number of hydrogen-bond donors (Lipinski definition) is 1. The Labute approximate surface area is 82.5 Å². The quantitative estimate of drug-likeness (QED) is 0.683. The van der Waals surface area contributed by atoms with E-state index in [1.807, 2.05) is 14.0 Å². The second kappa shape index (κ2) is 3.49. The van der Waals surface area contributed by atoms with Gasteiger partial charge in [-0.3, -0.25) is 4.79 Å². The molecule has 1 N–H and O–H groups in total. The number of nitrogens with zero attached hydrogens (tertiary/aromatic N) is 3. The zero-order valence-electron chi connectivity index (χ0n) is 8.45. The summed E-state index contributed by atoms with van der Waals surface area (Å²) in [5, 5.41) is 10.9. The van der Waals surface area contributed by atoms with Gasteiger partial charge in [0.05, 0.1) is 0 Å². The Morgan fingerprint density at radius 2 is 2.29 bits per heavy atom. The second-order valence-electron chi connectivity index (χ2n) is 3.78. The average Bonchev–Trinajstić information content (AvgIpc) is 2.41. The number of Topliss-reactive ketones (excluding diaryl/α,β-unsaturated/α-hetero) is 1. The maximum Gasteiger partial charge on any atom is 0.200 e. The van der Waals surface area contributed by atoms with Gasteiger partial charge in [0.15, 0.2) is 5.82 Å². The summed E-state index contributed by atoms with van der Waals surface area (Å²) < 4.78 is 1.74. The molecule has 2 rings (SSSR count). The Balaban J connectivity index is 2.06. The lowest BCUT2D eigenvalue weighted by Crippen LogP contribution is -2.43. The molecule has 0 aliphatic carbocycles. The Morgan fingerprint density at radius 3 is 2.71 bits per heavy atom. The molecule has 1 fully saturated rings. The lowest BCUT2D eigenvalue weighted by molar-refractivity contribution is 0.0931. The van der Waals surface area contributed by atoms with Crippen LogP contribution in [-0.2, 0) is 7.05 Å². The molecule has 0 atom stereocenters. The van der Waals surface area contributed by atoms with Crippen molar-refractivity contribution in [2.24, 2.45) is 13.0 Å². The number of aromatic nitrogens is 3. The van der Waals surface area contributed by atoms with E-state index in [-0.39, 0.29) is 5.78 Å². The molecule has 0 bridgehead atoms. The fourth-order valence-corrected chi connectivity index (χ4v) is 1.50. The van der Waals surface area contributed by atoms with Crippen molar-refractivity contribution in [3.8, 4) is 0 Å². The largest absolute Gasteiger partial charge is 0.316 e. The van der Waals surface area contributed by atoms with Crippen LogP contribution in [-0.4, -0.2) is 33.6 Å². The normalized spacial score (nSPS) is 16.7. The van der Waals surface area contributed by atoms with Gasteiger partial charge in [-0.15, -0.1) is 10.2 Å². The smallest absolute Gasteiger partial charge is 0.200 e. The molecule has 1 saturated heterocycles. The van der Waals surface area contributed by atoms with Crippen molar-refractivity contribution in [1.82, 2.24) is 20.1 Å². The molecule has 1 aliphatic heterocycles. The summed E-state index contributed by atoms with van der Waals surface area (Å²) in [7, 11) is 1.82. The van der Waals surface area contributed by atoms with Crippen molar-refractivity contribution >= 4 is 5.78 Å². The first-order valence-corrected chi connectivity index (χ1v) is 4.78. The van der Waals surface area contributed by atoms with Crippen molar-refractivity contribution in [2.45, 2.75) is 13.3 Å².